The summed E-state index contributed by atoms with van der Waals surface area (Å²) in [5.41, 5.74) is 1.71. The minimum Gasteiger partial charge on any atom is -0.385 e. The summed E-state index contributed by atoms with van der Waals surface area (Å²) in [6, 6.07) is 7.38. The third-order valence-corrected chi connectivity index (χ3v) is 2.85. The Morgan fingerprint density at radius 1 is 1.35 bits per heavy atom. The molecule has 1 amide bonds. The maximum atomic E-state index is 12.0. The summed E-state index contributed by atoms with van der Waals surface area (Å²) in [5.74, 6) is 0.500. The molecular formula is C13H18ClNO2. The van der Waals surface area contributed by atoms with E-state index in [0.717, 1.165) is 12.0 Å². The van der Waals surface area contributed by atoms with Crippen molar-refractivity contribution >= 4 is 17.5 Å². The van der Waals surface area contributed by atoms with Crippen molar-refractivity contribution in [3.63, 3.8) is 0 Å². The molecule has 4 heteroatoms. The number of amides is 1. The first-order valence-electron chi connectivity index (χ1n) is 5.58. The smallest absolute Gasteiger partial charge is 0.253 e. The van der Waals surface area contributed by atoms with Crippen molar-refractivity contribution < 1.29 is 9.53 Å². The summed E-state index contributed by atoms with van der Waals surface area (Å²) in [5, 5.41) is 0. The average molecular weight is 256 g/mol. The van der Waals surface area contributed by atoms with Crippen LogP contribution in [0.3, 0.4) is 0 Å². The third kappa shape index (κ3) is 4.36. The van der Waals surface area contributed by atoms with Crippen LogP contribution in [0.5, 0.6) is 0 Å². The molecule has 3 nitrogen and oxygen atoms in total. The molecule has 17 heavy (non-hydrogen) atoms. The summed E-state index contributed by atoms with van der Waals surface area (Å²) >= 11 is 5.70. The Labute approximate surface area is 107 Å². The van der Waals surface area contributed by atoms with Gasteiger partial charge in [0.1, 0.15) is 0 Å². The molecule has 0 unspecified atom stereocenters. The Morgan fingerprint density at radius 3 is 2.53 bits per heavy atom. The van der Waals surface area contributed by atoms with Crippen molar-refractivity contribution in [3.05, 3.63) is 35.4 Å². The monoisotopic (exact) mass is 255 g/mol. The highest BCUT2D eigenvalue weighted by molar-refractivity contribution is 6.17. The maximum absolute atomic E-state index is 12.0. The van der Waals surface area contributed by atoms with Crippen molar-refractivity contribution in [2.24, 2.45) is 0 Å². The van der Waals surface area contributed by atoms with Crippen LogP contribution in [-0.2, 0) is 10.6 Å². The number of nitrogens with zero attached hydrogens (tertiary/aromatic N) is 1. The van der Waals surface area contributed by atoms with Crippen LogP contribution in [0.4, 0.5) is 0 Å². The maximum Gasteiger partial charge on any atom is 0.253 e. The number of rotatable bonds is 6. The Morgan fingerprint density at radius 2 is 2.00 bits per heavy atom. The SMILES string of the molecule is COCCCN(C)C(=O)c1ccc(CCl)cc1. The molecular weight excluding hydrogens is 238 g/mol. The van der Waals surface area contributed by atoms with Crippen molar-refractivity contribution in [1.82, 2.24) is 4.90 Å². The van der Waals surface area contributed by atoms with Crippen molar-refractivity contribution in [2.75, 3.05) is 27.3 Å². The fourth-order valence-corrected chi connectivity index (χ4v) is 1.68. The molecule has 0 bridgehead atoms. The van der Waals surface area contributed by atoms with Crippen LogP contribution in [0.15, 0.2) is 24.3 Å². The van der Waals surface area contributed by atoms with Gasteiger partial charge in [-0.3, -0.25) is 4.79 Å². The molecule has 0 aliphatic carbocycles. The van der Waals surface area contributed by atoms with Crippen LogP contribution >= 0.6 is 11.6 Å². The number of carbonyl (C=O) groups is 1. The van der Waals surface area contributed by atoms with E-state index in [1.165, 1.54) is 0 Å². The van der Waals surface area contributed by atoms with E-state index in [9.17, 15) is 4.79 Å². The van der Waals surface area contributed by atoms with Gasteiger partial charge in [-0.2, -0.15) is 0 Å². The summed E-state index contributed by atoms with van der Waals surface area (Å²) < 4.78 is 4.96. The fraction of sp³-hybridized carbons (Fsp3) is 0.462. The number of hydrogen-bond acceptors (Lipinski definition) is 2. The van der Waals surface area contributed by atoms with Gasteiger partial charge in [0.05, 0.1) is 0 Å². The van der Waals surface area contributed by atoms with Crippen molar-refractivity contribution in [2.45, 2.75) is 12.3 Å². The summed E-state index contributed by atoms with van der Waals surface area (Å²) in [7, 11) is 3.46. The van der Waals surface area contributed by atoms with Gasteiger partial charge >= 0.3 is 0 Å². The minimum atomic E-state index is 0.0298. The van der Waals surface area contributed by atoms with E-state index in [2.05, 4.69) is 0 Å². The second kappa shape index (κ2) is 7.30. The van der Waals surface area contributed by atoms with E-state index in [-0.39, 0.29) is 5.91 Å². The van der Waals surface area contributed by atoms with Crippen LogP contribution in [0.2, 0.25) is 0 Å². The van der Waals surface area contributed by atoms with E-state index in [1.807, 2.05) is 24.3 Å². The summed E-state index contributed by atoms with van der Waals surface area (Å²) in [6.07, 6.45) is 0.846. The molecule has 94 valence electrons. The molecule has 0 spiro atoms. The van der Waals surface area contributed by atoms with E-state index in [0.29, 0.717) is 24.6 Å². The summed E-state index contributed by atoms with van der Waals surface area (Å²) in [6.45, 7) is 1.37. The molecule has 0 aromatic heterocycles. The molecule has 0 saturated heterocycles. The van der Waals surface area contributed by atoms with E-state index < -0.39 is 0 Å². The minimum absolute atomic E-state index is 0.0298. The molecule has 0 radical (unpaired) electrons. The lowest BCUT2D eigenvalue weighted by Gasteiger charge is -2.17. The molecule has 0 aliphatic heterocycles. The number of benzene rings is 1. The number of alkyl halides is 1. The van der Waals surface area contributed by atoms with Crippen LogP contribution in [0.25, 0.3) is 0 Å². The predicted molar refractivity (Wildman–Crippen MR) is 69.5 cm³/mol. The van der Waals surface area contributed by atoms with Crippen LogP contribution < -0.4 is 0 Å². The lowest BCUT2D eigenvalue weighted by atomic mass is 10.1. The lowest BCUT2D eigenvalue weighted by Crippen LogP contribution is -2.28. The topological polar surface area (TPSA) is 29.5 Å². The predicted octanol–water partition coefficient (Wildman–Crippen LogP) is 2.53. The van der Waals surface area contributed by atoms with Gasteiger partial charge in [0, 0.05) is 38.8 Å². The van der Waals surface area contributed by atoms with Crippen LogP contribution in [-0.4, -0.2) is 38.1 Å². The molecule has 1 rings (SSSR count). The average Bonchev–Trinajstić information content (AvgIpc) is 2.38. The lowest BCUT2D eigenvalue weighted by molar-refractivity contribution is 0.0779. The van der Waals surface area contributed by atoms with Crippen molar-refractivity contribution in [1.29, 1.82) is 0 Å². The van der Waals surface area contributed by atoms with Gasteiger partial charge in [-0.1, -0.05) is 12.1 Å². The normalized spacial score (nSPS) is 10.3. The molecule has 1 aromatic rings. The standard InChI is InChI=1S/C13H18ClNO2/c1-15(8-3-9-17-2)13(16)12-6-4-11(10-14)5-7-12/h4-7H,3,8-10H2,1-2H3. The molecule has 0 atom stereocenters. The number of hydrogen-bond donors (Lipinski definition) is 0. The van der Waals surface area contributed by atoms with Gasteiger partial charge in [-0.15, -0.1) is 11.6 Å². The zero-order valence-corrected chi connectivity index (χ0v) is 11.0. The molecule has 0 heterocycles. The molecule has 0 fully saturated rings. The highest BCUT2D eigenvalue weighted by atomic mass is 35.5. The van der Waals surface area contributed by atoms with Crippen LogP contribution in [0, 0.1) is 0 Å². The second-order valence-electron chi connectivity index (χ2n) is 3.90. The number of halogens is 1. The molecule has 0 saturated carbocycles. The van der Waals surface area contributed by atoms with Gasteiger partial charge in [0.25, 0.3) is 5.91 Å². The molecule has 0 N–H and O–H groups in total. The van der Waals surface area contributed by atoms with E-state index >= 15 is 0 Å². The van der Waals surface area contributed by atoms with Crippen LogP contribution in [0.1, 0.15) is 22.3 Å². The number of carbonyl (C=O) groups excluding carboxylic acids is 1. The number of ether oxygens (including phenoxy) is 1. The largest absolute Gasteiger partial charge is 0.385 e. The third-order valence-electron chi connectivity index (χ3n) is 2.54. The zero-order chi connectivity index (χ0) is 12.7. The fourth-order valence-electron chi connectivity index (χ4n) is 1.50. The van der Waals surface area contributed by atoms with E-state index in [4.69, 9.17) is 16.3 Å². The summed E-state index contributed by atoms with van der Waals surface area (Å²) in [4.78, 5) is 13.7. The van der Waals surface area contributed by atoms with Crippen molar-refractivity contribution in [3.8, 4) is 0 Å². The highest BCUT2D eigenvalue weighted by Gasteiger charge is 2.10. The first kappa shape index (κ1) is 14.0. The van der Waals surface area contributed by atoms with Gasteiger partial charge in [-0.05, 0) is 24.1 Å². The Balaban J connectivity index is 2.55. The quantitative estimate of drug-likeness (QED) is 0.578. The van der Waals surface area contributed by atoms with Gasteiger partial charge in [0.15, 0.2) is 0 Å². The Kier molecular flexibility index (Phi) is 6.01. The first-order valence-corrected chi connectivity index (χ1v) is 6.11. The first-order chi connectivity index (χ1) is 8.19. The Bertz CT molecular complexity index is 351. The van der Waals surface area contributed by atoms with Gasteiger partial charge < -0.3 is 9.64 Å². The van der Waals surface area contributed by atoms with Gasteiger partial charge in [0.2, 0.25) is 0 Å². The highest BCUT2D eigenvalue weighted by Crippen LogP contribution is 2.09. The zero-order valence-electron chi connectivity index (χ0n) is 10.3. The Hall–Kier alpha value is -1.06. The molecule has 1 aromatic carbocycles. The number of methoxy groups -OCH3 is 1. The second-order valence-corrected chi connectivity index (χ2v) is 4.17. The van der Waals surface area contributed by atoms with Gasteiger partial charge in [-0.25, -0.2) is 0 Å². The molecule has 0 aliphatic rings. The van der Waals surface area contributed by atoms with E-state index in [1.54, 1.807) is 19.1 Å².